The number of methoxy groups -OCH3 is 1. The molecule has 2 rings (SSSR count). The Kier molecular flexibility index (Phi) is 4.55. The third-order valence-electron chi connectivity index (χ3n) is 2.58. The second-order valence-electron chi connectivity index (χ2n) is 4.06. The van der Waals surface area contributed by atoms with E-state index in [0.717, 1.165) is 5.56 Å². The summed E-state index contributed by atoms with van der Waals surface area (Å²) in [6.45, 7) is 0.279. The average Bonchev–Trinajstić information content (AvgIpc) is 2.46. The highest BCUT2D eigenvalue weighted by molar-refractivity contribution is 5.84. The van der Waals surface area contributed by atoms with Gasteiger partial charge in [0.2, 0.25) is 0 Å². The van der Waals surface area contributed by atoms with E-state index in [0.29, 0.717) is 11.4 Å². The van der Waals surface area contributed by atoms with Crippen molar-refractivity contribution in [2.75, 3.05) is 12.4 Å². The van der Waals surface area contributed by atoms with Gasteiger partial charge in [-0.15, -0.1) is 0 Å². The lowest BCUT2D eigenvalue weighted by Crippen LogP contribution is -2.10. The number of halogens is 1. The molecule has 5 heteroatoms. The van der Waals surface area contributed by atoms with Gasteiger partial charge in [-0.05, 0) is 42.0 Å². The maximum atomic E-state index is 13.0. The van der Waals surface area contributed by atoms with Crippen LogP contribution in [-0.4, -0.2) is 13.2 Å². The first-order chi connectivity index (χ1) is 9.67. The summed E-state index contributed by atoms with van der Waals surface area (Å²) in [6.07, 6.45) is -0.529. The average molecular weight is 275 g/mol. The number of amides is 1. The fourth-order valence-electron chi connectivity index (χ4n) is 1.60. The van der Waals surface area contributed by atoms with Crippen molar-refractivity contribution < 1.29 is 18.7 Å². The van der Waals surface area contributed by atoms with Crippen molar-refractivity contribution in [1.82, 2.24) is 0 Å². The van der Waals surface area contributed by atoms with Gasteiger partial charge in [0.15, 0.2) is 0 Å². The molecular weight excluding hydrogens is 261 g/mol. The van der Waals surface area contributed by atoms with Crippen LogP contribution in [0.4, 0.5) is 14.9 Å². The van der Waals surface area contributed by atoms with Gasteiger partial charge in [0, 0.05) is 5.69 Å². The van der Waals surface area contributed by atoms with Gasteiger partial charge >= 0.3 is 6.09 Å². The molecule has 20 heavy (non-hydrogen) atoms. The molecule has 0 aliphatic carbocycles. The number of anilines is 1. The fraction of sp³-hybridized carbons (Fsp3) is 0.133. The molecule has 0 atom stereocenters. The monoisotopic (exact) mass is 275 g/mol. The summed E-state index contributed by atoms with van der Waals surface area (Å²) in [5.74, 6) is 0.341. The Morgan fingerprint density at radius 2 is 1.95 bits per heavy atom. The van der Waals surface area contributed by atoms with E-state index < -0.39 is 6.09 Å². The molecule has 0 aliphatic rings. The van der Waals surface area contributed by atoms with Crippen LogP contribution in [0, 0.1) is 5.82 Å². The third-order valence-corrected chi connectivity index (χ3v) is 2.58. The lowest BCUT2D eigenvalue weighted by Gasteiger charge is -2.08. The Hall–Kier alpha value is -2.56. The summed E-state index contributed by atoms with van der Waals surface area (Å²) in [5, 5.41) is 2.53. The van der Waals surface area contributed by atoms with Gasteiger partial charge in [0.1, 0.15) is 18.2 Å². The maximum Gasteiger partial charge on any atom is 0.411 e. The van der Waals surface area contributed by atoms with E-state index in [2.05, 4.69) is 10.1 Å². The molecule has 104 valence electrons. The van der Waals surface area contributed by atoms with Crippen molar-refractivity contribution >= 4 is 11.8 Å². The molecular formula is C15H14FNO3. The van der Waals surface area contributed by atoms with Crippen molar-refractivity contribution in [3.63, 3.8) is 0 Å². The second-order valence-corrected chi connectivity index (χ2v) is 4.06. The number of nitrogens with one attached hydrogen (secondary N) is 1. The molecule has 0 saturated carbocycles. The molecule has 4 nitrogen and oxygen atoms in total. The molecule has 0 aliphatic heterocycles. The van der Waals surface area contributed by atoms with Crippen molar-refractivity contribution in [3.8, 4) is 5.75 Å². The maximum absolute atomic E-state index is 13.0. The van der Waals surface area contributed by atoms with Gasteiger partial charge in [-0.2, -0.15) is 0 Å². The molecule has 2 aromatic rings. The highest BCUT2D eigenvalue weighted by Crippen LogP contribution is 2.17. The minimum atomic E-state index is -0.529. The zero-order chi connectivity index (χ0) is 14.4. The highest BCUT2D eigenvalue weighted by atomic mass is 19.1. The number of benzene rings is 2. The van der Waals surface area contributed by atoms with Crippen LogP contribution in [0.5, 0.6) is 5.75 Å². The van der Waals surface area contributed by atoms with E-state index in [1.54, 1.807) is 36.4 Å². The lowest BCUT2D eigenvalue weighted by atomic mass is 10.2. The summed E-state index contributed by atoms with van der Waals surface area (Å²) in [7, 11) is 1.30. The number of rotatable bonds is 4. The van der Waals surface area contributed by atoms with Crippen LogP contribution in [0.3, 0.4) is 0 Å². The summed E-state index contributed by atoms with van der Waals surface area (Å²) >= 11 is 0. The molecule has 0 radical (unpaired) electrons. The van der Waals surface area contributed by atoms with E-state index >= 15 is 0 Å². The van der Waals surface area contributed by atoms with E-state index in [-0.39, 0.29) is 12.4 Å². The number of ether oxygens (including phenoxy) is 2. The Morgan fingerprint density at radius 3 is 2.60 bits per heavy atom. The first kappa shape index (κ1) is 13.9. The van der Waals surface area contributed by atoms with Crippen LogP contribution in [0.1, 0.15) is 5.56 Å². The largest absolute Gasteiger partial charge is 0.489 e. The molecule has 0 bridgehead atoms. The molecule has 1 amide bonds. The fourth-order valence-corrected chi connectivity index (χ4v) is 1.60. The number of carbonyl (C=O) groups is 1. The Bertz CT molecular complexity index is 584. The van der Waals surface area contributed by atoms with Crippen LogP contribution < -0.4 is 10.1 Å². The number of carbonyl (C=O) groups excluding carboxylic acids is 1. The van der Waals surface area contributed by atoms with Crippen molar-refractivity contribution in [3.05, 3.63) is 59.9 Å². The zero-order valence-electron chi connectivity index (χ0n) is 10.9. The van der Waals surface area contributed by atoms with Gasteiger partial charge in [-0.25, -0.2) is 9.18 Å². The van der Waals surface area contributed by atoms with E-state index in [1.807, 2.05) is 0 Å². The predicted octanol–water partition coefficient (Wildman–Crippen LogP) is 3.58. The SMILES string of the molecule is COC(=O)Nc1ccc(OCc2cccc(F)c2)cc1. The lowest BCUT2D eigenvalue weighted by molar-refractivity contribution is 0.187. The molecule has 0 fully saturated rings. The van der Waals surface area contributed by atoms with E-state index in [1.165, 1.54) is 19.2 Å². The minimum absolute atomic E-state index is 0.279. The molecule has 0 spiro atoms. The van der Waals surface area contributed by atoms with Gasteiger partial charge in [0.05, 0.1) is 7.11 Å². The van der Waals surface area contributed by atoms with E-state index in [9.17, 15) is 9.18 Å². The zero-order valence-corrected chi connectivity index (χ0v) is 10.9. The highest BCUT2D eigenvalue weighted by Gasteiger charge is 2.01. The molecule has 0 heterocycles. The molecule has 0 aromatic heterocycles. The van der Waals surface area contributed by atoms with Gasteiger partial charge in [-0.3, -0.25) is 5.32 Å². The number of hydrogen-bond acceptors (Lipinski definition) is 3. The summed E-state index contributed by atoms with van der Waals surface area (Å²) in [4.78, 5) is 11.0. The Labute approximate surface area is 116 Å². The number of hydrogen-bond donors (Lipinski definition) is 1. The Balaban J connectivity index is 1.92. The topological polar surface area (TPSA) is 47.6 Å². The summed E-state index contributed by atoms with van der Waals surface area (Å²) in [5.41, 5.74) is 1.36. The quantitative estimate of drug-likeness (QED) is 0.927. The van der Waals surface area contributed by atoms with Crippen LogP contribution in [0.25, 0.3) is 0 Å². The van der Waals surface area contributed by atoms with Crippen molar-refractivity contribution in [1.29, 1.82) is 0 Å². The van der Waals surface area contributed by atoms with Crippen molar-refractivity contribution in [2.45, 2.75) is 6.61 Å². The first-order valence-electron chi connectivity index (χ1n) is 5.99. The third kappa shape index (κ3) is 3.98. The van der Waals surface area contributed by atoms with Gasteiger partial charge in [-0.1, -0.05) is 12.1 Å². The van der Waals surface area contributed by atoms with Crippen LogP contribution in [0.15, 0.2) is 48.5 Å². The molecule has 0 unspecified atom stereocenters. The molecule has 0 saturated heterocycles. The normalized spacial score (nSPS) is 9.90. The first-order valence-corrected chi connectivity index (χ1v) is 5.99. The second kappa shape index (κ2) is 6.56. The molecule has 1 N–H and O–H groups in total. The van der Waals surface area contributed by atoms with Gasteiger partial charge < -0.3 is 9.47 Å². The predicted molar refractivity (Wildman–Crippen MR) is 73.2 cm³/mol. The standard InChI is InChI=1S/C15H14FNO3/c1-19-15(18)17-13-5-7-14(8-6-13)20-10-11-3-2-4-12(16)9-11/h2-9H,10H2,1H3,(H,17,18). The van der Waals surface area contributed by atoms with Gasteiger partial charge in [0.25, 0.3) is 0 Å². The van der Waals surface area contributed by atoms with Crippen LogP contribution >= 0.6 is 0 Å². The Morgan fingerprint density at radius 1 is 1.20 bits per heavy atom. The van der Waals surface area contributed by atoms with Crippen LogP contribution in [0.2, 0.25) is 0 Å². The summed E-state index contributed by atoms with van der Waals surface area (Å²) in [6, 6.07) is 13.0. The van der Waals surface area contributed by atoms with Crippen molar-refractivity contribution in [2.24, 2.45) is 0 Å². The molecule has 2 aromatic carbocycles. The smallest absolute Gasteiger partial charge is 0.411 e. The van der Waals surface area contributed by atoms with Crippen LogP contribution in [-0.2, 0) is 11.3 Å². The van der Waals surface area contributed by atoms with E-state index in [4.69, 9.17) is 4.74 Å². The summed E-state index contributed by atoms with van der Waals surface area (Å²) < 4.78 is 23.0. The minimum Gasteiger partial charge on any atom is -0.489 e.